The van der Waals surface area contributed by atoms with Crippen LogP contribution in [0.4, 0.5) is 0 Å². The van der Waals surface area contributed by atoms with Crippen molar-refractivity contribution in [3.05, 3.63) is 52.3 Å². The van der Waals surface area contributed by atoms with Crippen LogP contribution in [0.5, 0.6) is 0 Å². The number of amides is 3. The van der Waals surface area contributed by atoms with Crippen LogP contribution in [0.1, 0.15) is 77.7 Å². The molecule has 0 spiro atoms. The van der Waals surface area contributed by atoms with Gasteiger partial charge in [-0.15, -0.1) is 0 Å². The first-order valence-corrected chi connectivity index (χ1v) is 13.1. The SMILES string of the molecule is O=C1CCC(N2Cc3cc(C[C@H]4CCCC[C@@H]4N[C@H]4CCc5cn[nH]c5C4)ccc3C2=O)C(=O)N1. The smallest absolute Gasteiger partial charge is 0.255 e. The van der Waals surface area contributed by atoms with E-state index in [0.29, 0.717) is 36.5 Å². The highest BCUT2D eigenvalue weighted by Crippen LogP contribution is 2.32. The summed E-state index contributed by atoms with van der Waals surface area (Å²) in [5.74, 6) is -0.141. The molecule has 1 unspecified atom stereocenters. The predicted molar refractivity (Wildman–Crippen MR) is 129 cm³/mol. The highest BCUT2D eigenvalue weighted by atomic mass is 16.2. The topological polar surface area (TPSA) is 107 Å². The van der Waals surface area contributed by atoms with Gasteiger partial charge in [0.15, 0.2) is 0 Å². The average molecular weight is 476 g/mol. The largest absolute Gasteiger partial charge is 0.322 e. The predicted octanol–water partition coefficient (Wildman–Crippen LogP) is 2.42. The molecule has 6 rings (SSSR count). The number of hydrogen-bond acceptors (Lipinski definition) is 5. The lowest BCUT2D eigenvalue weighted by molar-refractivity contribution is -0.136. The van der Waals surface area contributed by atoms with Gasteiger partial charge in [0.25, 0.3) is 5.91 Å². The summed E-state index contributed by atoms with van der Waals surface area (Å²) in [5, 5.41) is 13.8. The second kappa shape index (κ2) is 9.22. The van der Waals surface area contributed by atoms with Crippen molar-refractivity contribution in [3.8, 4) is 0 Å². The summed E-state index contributed by atoms with van der Waals surface area (Å²) in [5.41, 5.74) is 5.60. The molecule has 0 radical (unpaired) electrons. The lowest BCUT2D eigenvalue weighted by Gasteiger charge is -2.36. The van der Waals surface area contributed by atoms with E-state index >= 15 is 0 Å². The van der Waals surface area contributed by atoms with E-state index < -0.39 is 6.04 Å². The quantitative estimate of drug-likeness (QED) is 0.576. The van der Waals surface area contributed by atoms with Crippen molar-refractivity contribution in [1.29, 1.82) is 0 Å². The zero-order valence-corrected chi connectivity index (χ0v) is 20.0. The van der Waals surface area contributed by atoms with Crippen molar-refractivity contribution < 1.29 is 14.4 Å². The van der Waals surface area contributed by atoms with E-state index in [2.05, 4.69) is 33.0 Å². The van der Waals surface area contributed by atoms with E-state index in [1.807, 2.05) is 12.3 Å². The summed E-state index contributed by atoms with van der Waals surface area (Å²) < 4.78 is 0. The molecular formula is C27H33N5O3. The molecule has 8 nitrogen and oxygen atoms in total. The molecular weight excluding hydrogens is 442 g/mol. The maximum Gasteiger partial charge on any atom is 0.255 e. The third-order valence-corrected chi connectivity index (χ3v) is 8.46. The molecule has 3 N–H and O–H groups in total. The van der Waals surface area contributed by atoms with Crippen molar-refractivity contribution in [2.24, 2.45) is 5.92 Å². The minimum absolute atomic E-state index is 0.103. The van der Waals surface area contributed by atoms with E-state index in [4.69, 9.17) is 0 Å². The highest BCUT2D eigenvalue weighted by molar-refractivity contribution is 6.05. The molecule has 184 valence electrons. The number of rotatable bonds is 5. The summed E-state index contributed by atoms with van der Waals surface area (Å²) in [6.07, 6.45) is 11.9. The Morgan fingerprint density at radius 1 is 1.03 bits per heavy atom. The van der Waals surface area contributed by atoms with Crippen molar-refractivity contribution in [2.45, 2.75) is 88.9 Å². The normalized spacial score (nSPS) is 28.6. The fraction of sp³-hybridized carbons (Fsp3) is 0.556. The Morgan fingerprint density at radius 3 is 2.80 bits per heavy atom. The number of nitrogens with one attached hydrogen (secondary N) is 3. The Morgan fingerprint density at radius 2 is 1.91 bits per heavy atom. The van der Waals surface area contributed by atoms with E-state index in [1.54, 1.807) is 4.90 Å². The van der Waals surface area contributed by atoms with Gasteiger partial charge >= 0.3 is 0 Å². The number of benzene rings is 1. The van der Waals surface area contributed by atoms with Crippen LogP contribution in [0, 0.1) is 5.92 Å². The molecule has 2 aromatic rings. The molecule has 3 heterocycles. The zero-order valence-electron chi connectivity index (χ0n) is 20.0. The van der Waals surface area contributed by atoms with Crippen molar-refractivity contribution in [2.75, 3.05) is 0 Å². The van der Waals surface area contributed by atoms with E-state index in [9.17, 15) is 14.4 Å². The van der Waals surface area contributed by atoms with Gasteiger partial charge in [0.1, 0.15) is 6.04 Å². The Labute approximate surface area is 205 Å². The number of carbonyl (C=O) groups excluding carboxylic acids is 3. The van der Waals surface area contributed by atoms with Crippen molar-refractivity contribution in [3.63, 3.8) is 0 Å². The number of aromatic amines is 1. The van der Waals surface area contributed by atoms with Gasteiger partial charge in [0, 0.05) is 42.7 Å². The van der Waals surface area contributed by atoms with Crippen LogP contribution in [0.2, 0.25) is 0 Å². The Kier molecular flexibility index (Phi) is 5.92. The standard InChI is InChI=1S/C27H33N5O3/c33-25-10-9-24(26(34)30-25)32-15-19-12-16(5-8-21(19)27(32)35)11-17-3-1-2-4-22(17)29-20-7-6-18-14-28-31-23(18)13-20/h5,8,12,14,17,20,22,24,29H,1-4,6-7,9-11,13,15H2,(H,28,31)(H,30,33,34)/t17-,20+,22+,24?/m1/s1. The number of aromatic nitrogens is 2. The zero-order chi connectivity index (χ0) is 23.9. The van der Waals surface area contributed by atoms with Crippen LogP contribution in [0.25, 0.3) is 0 Å². The first-order valence-electron chi connectivity index (χ1n) is 13.1. The Balaban J connectivity index is 1.12. The minimum atomic E-state index is -0.561. The molecule has 8 heteroatoms. The number of imide groups is 1. The second-order valence-electron chi connectivity index (χ2n) is 10.7. The van der Waals surface area contributed by atoms with Gasteiger partial charge in [-0.3, -0.25) is 24.8 Å². The molecule has 2 aliphatic carbocycles. The van der Waals surface area contributed by atoms with E-state index in [0.717, 1.165) is 31.2 Å². The van der Waals surface area contributed by atoms with Crippen LogP contribution in [0.15, 0.2) is 24.4 Å². The number of carbonyl (C=O) groups is 3. The van der Waals surface area contributed by atoms with E-state index in [1.165, 1.54) is 42.5 Å². The molecule has 0 bridgehead atoms. The van der Waals surface area contributed by atoms with E-state index in [-0.39, 0.29) is 24.1 Å². The monoisotopic (exact) mass is 475 g/mol. The van der Waals surface area contributed by atoms with Crippen LogP contribution in [-0.2, 0) is 35.4 Å². The minimum Gasteiger partial charge on any atom is -0.322 e. The summed E-state index contributed by atoms with van der Waals surface area (Å²) in [7, 11) is 0. The molecule has 1 saturated heterocycles. The number of nitrogens with zero attached hydrogens (tertiary/aromatic N) is 2. The summed E-state index contributed by atoms with van der Waals surface area (Å²) in [6.45, 7) is 0.440. The summed E-state index contributed by atoms with van der Waals surface area (Å²) >= 11 is 0. The third-order valence-electron chi connectivity index (χ3n) is 8.46. The molecule has 1 aromatic carbocycles. The number of fused-ring (bicyclic) bond motifs is 2. The first-order chi connectivity index (χ1) is 17.0. The molecule has 2 fully saturated rings. The van der Waals surface area contributed by atoms with Crippen molar-refractivity contribution in [1.82, 2.24) is 25.7 Å². The molecule has 35 heavy (non-hydrogen) atoms. The van der Waals surface area contributed by atoms with Gasteiger partial charge < -0.3 is 10.2 Å². The van der Waals surface area contributed by atoms with Gasteiger partial charge in [-0.25, -0.2) is 0 Å². The maximum absolute atomic E-state index is 13.0. The fourth-order valence-electron chi connectivity index (χ4n) is 6.58. The molecule has 3 amide bonds. The molecule has 4 atom stereocenters. The van der Waals surface area contributed by atoms with Crippen LogP contribution < -0.4 is 10.6 Å². The van der Waals surface area contributed by atoms with Gasteiger partial charge in [-0.05, 0) is 67.2 Å². The Hall–Kier alpha value is -3.00. The maximum atomic E-state index is 13.0. The molecule has 1 aromatic heterocycles. The third kappa shape index (κ3) is 4.40. The lowest BCUT2D eigenvalue weighted by Crippen LogP contribution is -2.52. The number of hydrogen-bond donors (Lipinski definition) is 3. The van der Waals surface area contributed by atoms with Gasteiger partial charge in [0.05, 0.1) is 6.20 Å². The molecule has 2 aliphatic heterocycles. The summed E-state index contributed by atoms with van der Waals surface area (Å²) in [6, 6.07) is 6.64. The average Bonchev–Trinajstić information content (AvgIpc) is 3.44. The van der Waals surface area contributed by atoms with Gasteiger partial charge in [0.2, 0.25) is 11.8 Å². The van der Waals surface area contributed by atoms with Crippen LogP contribution >= 0.6 is 0 Å². The fourth-order valence-corrected chi connectivity index (χ4v) is 6.58. The van der Waals surface area contributed by atoms with Crippen LogP contribution in [0.3, 0.4) is 0 Å². The molecule has 4 aliphatic rings. The number of piperidine rings is 1. The number of H-pyrrole nitrogens is 1. The summed E-state index contributed by atoms with van der Waals surface area (Å²) in [4.78, 5) is 38.5. The number of aryl methyl sites for hydroxylation is 1. The van der Waals surface area contributed by atoms with Gasteiger partial charge in [-0.2, -0.15) is 5.10 Å². The second-order valence-corrected chi connectivity index (χ2v) is 10.7. The first kappa shape index (κ1) is 22.5. The lowest BCUT2D eigenvalue weighted by atomic mass is 9.79. The van der Waals surface area contributed by atoms with Gasteiger partial charge in [-0.1, -0.05) is 25.0 Å². The van der Waals surface area contributed by atoms with Crippen molar-refractivity contribution >= 4 is 17.7 Å². The van der Waals surface area contributed by atoms with Crippen LogP contribution in [-0.4, -0.2) is 50.9 Å². The Bertz CT molecular complexity index is 1160. The molecule has 1 saturated carbocycles. The highest BCUT2D eigenvalue weighted by Gasteiger charge is 2.39.